The second-order valence-corrected chi connectivity index (χ2v) is 4.50. The highest BCUT2D eigenvalue weighted by Crippen LogP contribution is 2.20. The lowest BCUT2D eigenvalue weighted by Crippen LogP contribution is -2.17. The van der Waals surface area contributed by atoms with Crippen molar-refractivity contribution >= 4 is 12.1 Å². The number of nitrogens with one attached hydrogen (secondary N) is 1. The van der Waals surface area contributed by atoms with E-state index in [1.807, 2.05) is 36.4 Å². The van der Waals surface area contributed by atoms with E-state index in [-0.39, 0.29) is 5.91 Å². The molecule has 5 heteroatoms. The molecule has 5 nitrogen and oxygen atoms in total. The highest BCUT2D eigenvalue weighted by atomic mass is 16.3. The molecule has 1 aromatic carbocycles. The van der Waals surface area contributed by atoms with E-state index in [2.05, 4.69) is 15.5 Å². The summed E-state index contributed by atoms with van der Waals surface area (Å²) >= 11 is 0. The van der Waals surface area contributed by atoms with E-state index in [1.165, 1.54) is 6.21 Å². The van der Waals surface area contributed by atoms with Crippen LogP contribution >= 0.6 is 0 Å². The molecule has 1 amide bonds. The van der Waals surface area contributed by atoms with E-state index in [1.54, 1.807) is 30.6 Å². The van der Waals surface area contributed by atoms with Crippen LogP contribution in [0.5, 0.6) is 0 Å². The van der Waals surface area contributed by atoms with Crippen LogP contribution in [0.4, 0.5) is 0 Å². The number of benzene rings is 1. The normalized spacial score (nSPS) is 10.7. The van der Waals surface area contributed by atoms with Crippen molar-refractivity contribution in [3.05, 3.63) is 78.3 Å². The molecule has 2 aromatic heterocycles. The Morgan fingerprint density at radius 2 is 1.82 bits per heavy atom. The summed E-state index contributed by atoms with van der Waals surface area (Å²) < 4.78 is 5.65. The van der Waals surface area contributed by atoms with Crippen molar-refractivity contribution in [2.45, 2.75) is 0 Å². The molecular weight excluding hydrogens is 278 g/mol. The number of hydrogen-bond acceptors (Lipinski definition) is 4. The third-order valence-corrected chi connectivity index (χ3v) is 2.99. The van der Waals surface area contributed by atoms with E-state index in [0.717, 1.165) is 11.3 Å². The van der Waals surface area contributed by atoms with Gasteiger partial charge in [-0.25, -0.2) is 5.43 Å². The number of carbonyl (C=O) groups excluding carboxylic acids is 1. The van der Waals surface area contributed by atoms with Gasteiger partial charge in [0, 0.05) is 23.5 Å². The average molecular weight is 291 g/mol. The summed E-state index contributed by atoms with van der Waals surface area (Å²) in [7, 11) is 0. The summed E-state index contributed by atoms with van der Waals surface area (Å²) in [6.45, 7) is 0. The van der Waals surface area contributed by atoms with Gasteiger partial charge in [-0.3, -0.25) is 9.78 Å². The standard InChI is InChI=1S/C17H13N3O2/c21-17(14-8-10-18-11-9-14)20-19-12-15-6-7-16(22-15)13-4-2-1-3-5-13/h1-12H,(H,20,21)/b19-12+. The minimum Gasteiger partial charge on any atom is -0.455 e. The van der Waals surface area contributed by atoms with Gasteiger partial charge in [-0.15, -0.1) is 0 Å². The molecule has 0 fully saturated rings. The molecule has 0 aliphatic heterocycles. The number of carbonyl (C=O) groups is 1. The summed E-state index contributed by atoms with van der Waals surface area (Å²) in [5.41, 5.74) is 3.92. The number of pyridine rings is 1. The molecule has 108 valence electrons. The molecule has 3 aromatic rings. The topological polar surface area (TPSA) is 67.5 Å². The maximum atomic E-state index is 11.8. The molecule has 0 radical (unpaired) electrons. The zero-order valence-corrected chi connectivity index (χ0v) is 11.6. The van der Waals surface area contributed by atoms with Crippen LogP contribution in [0.25, 0.3) is 11.3 Å². The fraction of sp³-hybridized carbons (Fsp3) is 0. The quantitative estimate of drug-likeness (QED) is 0.593. The lowest BCUT2D eigenvalue weighted by atomic mass is 10.2. The lowest BCUT2D eigenvalue weighted by Gasteiger charge is -1.97. The summed E-state index contributed by atoms with van der Waals surface area (Å²) in [6.07, 6.45) is 4.57. The van der Waals surface area contributed by atoms with Crippen LogP contribution in [-0.2, 0) is 0 Å². The van der Waals surface area contributed by atoms with Crippen molar-refractivity contribution in [1.29, 1.82) is 0 Å². The molecule has 3 rings (SSSR count). The van der Waals surface area contributed by atoms with Gasteiger partial charge in [-0.05, 0) is 24.3 Å². The SMILES string of the molecule is O=C(N/N=C/c1ccc(-c2ccccc2)o1)c1ccncc1. The van der Waals surface area contributed by atoms with Gasteiger partial charge >= 0.3 is 0 Å². The number of rotatable bonds is 4. The van der Waals surface area contributed by atoms with Crippen LogP contribution in [-0.4, -0.2) is 17.1 Å². The first-order valence-corrected chi connectivity index (χ1v) is 6.71. The number of hydrogen-bond donors (Lipinski definition) is 1. The van der Waals surface area contributed by atoms with E-state index < -0.39 is 0 Å². The van der Waals surface area contributed by atoms with Crippen LogP contribution in [0.1, 0.15) is 16.1 Å². The van der Waals surface area contributed by atoms with Gasteiger partial charge in [0.1, 0.15) is 11.5 Å². The van der Waals surface area contributed by atoms with E-state index in [9.17, 15) is 4.79 Å². The monoisotopic (exact) mass is 291 g/mol. The van der Waals surface area contributed by atoms with Crippen LogP contribution < -0.4 is 5.43 Å². The van der Waals surface area contributed by atoms with Crippen LogP contribution in [0.15, 0.2) is 76.5 Å². The predicted octanol–water partition coefficient (Wildman–Crippen LogP) is 3.11. The first kappa shape index (κ1) is 13.8. The van der Waals surface area contributed by atoms with E-state index in [0.29, 0.717) is 11.3 Å². The summed E-state index contributed by atoms with van der Waals surface area (Å²) in [5.74, 6) is 1.02. The maximum absolute atomic E-state index is 11.8. The van der Waals surface area contributed by atoms with Crippen LogP contribution in [0, 0.1) is 0 Å². The molecule has 0 spiro atoms. The largest absolute Gasteiger partial charge is 0.455 e. The Morgan fingerprint density at radius 1 is 1.05 bits per heavy atom. The highest BCUT2D eigenvalue weighted by Gasteiger charge is 2.04. The smallest absolute Gasteiger partial charge is 0.271 e. The van der Waals surface area contributed by atoms with Gasteiger partial charge in [0.25, 0.3) is 5.91 Å². The van der Waals surface area contributed by atoms with Crippen molar-refractivity contribution in [1.82, 2.24) is 10.4 Å². The van der Waals surface area contributed by atoms with Crippen molar-refractivity contribution < 1.29 is 9.21 Å². The minimum absolute atomic E-state index is 0.298. The van der Waals surface area contributed by atoms with Crippen LogP contribution in [0.2, 0.25) is 0 Å². The van der Waals surface area contributed by atoms with Crippen molar-refractivity contribution in [2.24, 2.45) is 5.10 Å². The number of aromatic nitrogens is 1. The van der Waals surface area contributed by atoms with Gasteiger partial charge in [-0.2, -0.15) is 5.10 Å². The highest BCUT2D eigenvalue weighted by molar-refractivity contribution is 5.94. The number of furan rings is 1. The fourth-order valence-corrected chi connectivity index (χ4v) is 1.90. The Bertz CT molecular complexity index is 780. The molecule has 1 N–H and O–H groups in total. The molecule has 0 unspecified atom stereocenters. The summed E-state index contributed by atoms with van der Waals surface area (Å²) in [6, 6.07) is 16.7. The maximum Gasteiger partial charge on any atom is 0.271 e. The molecule has 0 saturated heterocycles. The van der Waals surface area contributed by atoms with Crippen LogP contribution in [0.3, 0.4) is 0 Å². The Balaban J connectivity index is 1.64. The molecule has 0 aliphatic rings. The van der Waals surface area contributed by atoms with Crippen molar-refractivity contribution in [3.63, 3.8) is 0 Å². The Morgan fingerprint density at radius 3 is 2.59 bits per heavy atom. The molecule has 0 bridgehead atoms. The van der Waals surface area contributed by atoms with Gasteiger partial charge in [0.15, 0.2) is 0 Å². The average Bonchev–Trinajstić information content (AvgIpc) is 3.05. The van der Waals surface area contributed by atoms with Crippen molar-refractivity contribution in [2.75, 3.05) is 0 Å². The van der Waals surface area contributed by atoms with E-state index in [4.69, 9.17) is 4.42 Å². The molecule has 0 atom stereocenters. The molecule has 22 heavy (non-hydrogen) atoms. The first-order chi connectivity index (χ1) is 10.8. The number of amides is 1. The minimum atomic E-state index is -0.298. The Hall–Kier alpha value is -3.21. The van der Waals surface area contributed by atoms with Gasteiger partial charge in [0.05, 0.1) is 6.21 Å². The lowest BCUT2D eigenvalue weighted by molar-refractivity contribution is 0.0955. The van der Waals surface area contributed by atoms with Gasteiger partial charge < -0.3 is 4.42 Å². The third-order valence-electron chi connectivity index (χ3n) is 2.99. The number of nitrogens with zero attached hydrogens (tertiary/aromatic N) is 2. The third kappa shape index (κ3) is 3.27. The molecular formula is C17H13N3O2. The summed E-state index contributed by atoms with van der Waals surface area (Å²) in [5, 5.41) is 3.89. The first-order valence-electron chi connectivity index (χ1n) is 6.71. The number of hydrazone groups is 1. The molecule has 2 heterocycles. The zero-order chi connectivity index (χ0) is 15.2. The second-order valence-electron chi connectivity index (χ2n) is 4.50. The Labute approximate surface area is 127 Å². The van der Waals surface area contributed by atoms with Crippen molar-refractivity contribution in [3.8, 4) is 11.3 Å². The molecule has 0 aliphatic carbocycles. The van der Waals surface area contributed by atoms with Gasteiger partial charge in [0.2, 0.25) is 0 Å². The zero-order valence-electron chi connectivity index (χ0n) is 11.6. The van der Waals surface area contributed by atoms with Gasteiger partial charge in [-0.1, -0.05) is 30.3 Å². The fourth-order valence-electron chi connectivity index (χ4n) is 1.90. The van der Waals surface area contributed by atoms with E-state index >= 15 is 0 Å². The molecule has 0 saturated carbocycles. The Kier molecular flexibility index (Phi) is 4.06. The predicted molar refractivity (Wildman–Crippen MR) is 83.4 cm³/mol. The second kappa shape index (κ2) is 6.49. The summed E-state index contributed by atoms with van der Waals surface area (Å²) in [4.78, 5) is 15.6.